The molecular formula is C35H54Cl2N2O2. The number of likely N-dealkylation sites (tertiary alicyclic amines) is 2. The minimum Gasteiger partial charge on any atom is -0.293 e. The van der Waals surface area contributed by atoms with E-state index >= 15 is 0 Å². The number of rotatable bonds is 12. The van der Waals surface area contributed by atoms with Crippen LogP contribution in [0, 0.1) is 0 Å². The zero-order valence-corrected chi connectivity index (χ0v) is 27.1. The molecular weight excluding hydrogens is 551 g/mol. The van der Waals surface area contributed by atoms with Crippen LogP contribution in [0.3, 0.4) is 0 Å². The van der Waals surface area contributed by atoms with E-state index in [1.807, 2.05) is 60.7 Å². The van der Waals surface area contributed by atoms with Crippen molar-refractivity contribution in [1.29, 1.82) is 0 Å². The van der Waals surface area contributed by atoms with E-state index in [4.69, 9.17) is 0 Å². The number of piperidine rings is 1. The molecule has 0 amide bonds. The lowest BCUT2D eigenvalue weighted by atomic mass is 9.96. The molecule has 0 radical (unpaired) electrons. The lowest BCUT2D eigenvalue weighted by Crippen LogP contribution is -2.44. The Labute approximate surface area is 262 Å². The zero-order valence-electron chi connectivity index (χ0n) is 25.5. The van der Waals surface area contributed by atoms with Gasteiger partial charge >= 0.3 is 0 Å². The summed E-state index contributed by atoms with van der Waals surface area (Å²) in [6.07, 6.45) is 15.5. The molecule has 230 valence electrons. The van der Waals surface area contributed by atoms with Crippen LogP contribution in [0.4, 0.5) is 0 Å². The smallest absolute Gasteiger partial charge is 0.179 e. The maximum absolute atomic E-state index is 12.8. The third-order valence-electron chi connectivity index (χ3n) is 8.30. The minimum atomic E-state index is 0. The third-order valence-corrected chi connectivity index (χ3v) is 8.30. The van der Waals surface area contributed by atoms with E-state index in [0.717, 1.165) is 75.8 Å². The van der Waals surface area contributed by atoms with Crippen molar-refractivity contribution in [3.05, 3.63) is 71.8 Å². The highest BCUT2D eigenvalue weighted by molar-refractivity contribution is 6.00. The molecule has 2 fully saturated rings. The number of unbranched alkanes of at least 4 members (excludes halogenated alkanes) is 2. The van der Waals surface area contributed by atoms with E-state index in [1.54, 1.807) is 0 Å². The van der Waals surface area contributed by atoms with Gasteiger partial charge in [0.25, 0.3) is 0 Å². The Morgan fingerprint density at radius 1 is 0.561 bits per heavy atom. The molecule has 2 aromatic rings. The number of Topliss-reactive ketones (excluding diaryl/α,β-unsaturated/α-hetero) is 2. The average molecular weight is 606 g/mol. The Kier molecular flexibility index (Phi) is 19.9. The van der Waals surface area contributed by atoms with Gasteiger partial charge in [0.1, 0.15) is 0 Å². The van der Waals surface area contributed by atoms with Gasteiger partial charge in [0.05, 0.1) is 12.1 Å². The summed E-state index contributed by atoms with van der Waals surface area (Å²) >= 11 is 0. The van der Waals surface area contributed by atoms with Gasteiger partial charge in [-0.15, -0.1) is 24.8 Å². The van der Waals surface area contributed by atoms with Crippen molar-refractivity contribution >= 4 is 36.4 Å². The molecule has 4 nitrogen and oxygen atoms in total. The molecule has 6 heteroatoms. The quantitative estimate of drug-likeness (QED) is 0.226. The molecule has 2 unspecified atom stereocenters. The van der Waals surface area contributed by atoms with Crippen molar-refractivity contribution in [3.8, 4) is 0 Å². The summed E-state index contributed by atoms with van der Waals surface area (Å²) in [6, 6.07) is 19.8. The molecule has 2 aromatic carbocycles. The number of hydrogen-bond donors (Lipinski definition) is 0. The predicted molar refractivity (Wildman–Crippen MR) is 178 cm³/mol. The number of ketones is 2. The van der Waals surface area contributed by atoms with Crippen LogP contribution in [0.1, 0.15) is 118 Å². The molecule has 2 aliphatic rings. The largest absolute Gasteiger partial charge is 0.293 e. The predicted octanol–water partition coefficient (Wildman–Crippen LogP) is 9.06. The molecule has 41 heavy (non-hydrogen) atoms. The number of carbonyl (C=O) groups is 2. The molecule has 0 aromatic heterocycles. The van der Waals surface area contributed by atoms with Crippen molar-refractivity contribution in [3.63, 3.8) is 0 Å². The Morgan fingerprint density at radius 3 is 1.20 bits per heavy atom. The van der Waals surface area contributed by atoms with Crippen LogP contribution in [0.15, 0.2) is 60.7 Å². The van der Waals surface area contributed by atoms with Crippen molar-refractivity contribution in [2.75, 3.05) is 26.2 Å². The molecule has 2 heterocycles. The maximum atomic E-state index is 12.8. The summed E-state index contributed by atoms with van der Waals surface area (Å²) in [5.74, 6) is 0.636. The summed E-state index contributed by atoms with van der Waals surface area (Å²) in [5.41, 5.74) is 1.74. The van der Waals surface area contributed by atoms with Crippen LogP contribution >= 0.6 is 24.8 Å². The number of nitrogens with zero attached hydrogens (tertiary/aromatic N) is 2. The van der Waals surface area contributed by atoms with Crippen LogP contribution in [0.25, 0.3) is 0 Å². The van der Waals surface area contributed by atoms with Gasteiger partial charge in [-0.3, -0.25) is 19.4 Å². The second-order valence-corrected chi connectivity index (χ2v) is 11.3. The van der Waals surface area contributed by atoms with Gasteiger partial charge in [-0.05, 0) is 64.7 Å². The summed E-state index contributed by atoms with van der Waals surface area (Å²) < 4.78 is 0. The summed E-state index contributed by atoms with van der Waals surface area (Å²) in [7, 11) is 0. The van der Waals surface area contributed by atoms with Gasteiger partial charge in [-0.25, -0.2) is 0 Å². The first-order chi connectivity index (χ1) is 19.2. The lowest BCUT2D eigenvalue weighted by Gasteiger charge is -2.33. The van der Waals surface area contributed by atoms with Gasteiger partial charge in [-0.1, -0.05) is 119 Å². The highest BCUT2D eigenvalue weighted by Gasteiger charge is 2.28. The molecule has 0 N–H and O–H groups in total. The van der Waals surface area contributed by atoms with Gasteiger partial charge in [0, 0.05) is 11.1 Å². The normalized spacial score (nSPS) is 17.4. The zero-order chi connectivity index (χ0) is 27.7. The van der Waals surface area contributed by atoms with Crippen LogP contribution in [0.5, 0.6) is 0 Å². The first kappa shape index (κ1) is 37.3. The van der Waals surface area contributed by atoms with Gasteiger partial charge in [-0.2, -0.15) is 0 Å². The fourth-order valence-corrected chi connectivity index (χ4v) is 5.98. The number of carbonyl (C=O) groups excluding carboxylic acids is 2. The van der Waals surface area contributed by atoms with Crippen molar-refractivity contribution < 1.29 is 9.59 Å². The molecule has 2 saturated heterocycles. The summed E-state index contributed by atoms with van der Waals surface area (Å²) in [6.45, 7) is 8.76. The fourth-order valence-electron chi connectivity index (χ4n) is 5.98. The molecule has 0 saturated carbocycles. The van der Waals surface area contributed by atoms with Crippen LogP contribution in [0.2, 0.25) is 0 Å². The van der Waals surface area contributed by atoms with Crippen LogP contribution in [-0.2, 0) is 0 Å². The molecule has 0 spiro atoms. The topological polar surface area (TPSA) is 40.6 Å². The molecule has 2 atom stereocenters. The first-order valence-corrected chi connectivity index (χ1v) is 15.8. The number of halogens is 2. The average Bonchev–Trinajstić information content (AvgIpc) is 3.29. The highest BCUT2D eigenvalue weighted by atomic mass is 35.5. The van der Waals surface area contributed by atoms with Crippen LogP contribution in [-0.4, -0.2) is 59.6 Å². The van der Waals surface area contributed by atoms with Crippen molar-refractivity contribution in [1.82, 2.24) is 9.80 Å². The van der Waals surface area contributed by atoms with Gasteiger partial charge in [0.2, 0.25) is 0 Å². The Balaban J connectivity index is 0.000000391. The molecule has 0 aliphatic carbocycles. The van der Waals surface area contributed by atoms with Crippen molar-refractivity contribution in [2.45, 2.75) is 109 Å². The second-order valence-electron chi connectivity index (χ2n) is 11.3. The van der Waals surface area contributed by atoms with E-state index < -0.39 is 0 Å². The Morgan fingerprint density at radius 2 is 0.878 bits per heavy atom. The number of benzene rings is 2. The molecule has 2 aliphatic heterocycles. The SMILES string of the molecule is CCCCC(C(=O)c1ccccc1)N1CCCCC1.CCCCC(C(=O)c1ccccc1)N1CCCCCC1.Cl.Cl. The molecule has 4 rings (SSSR count). The Bertz CT molecular complexity index is 943. The summed E-state index contributed by atoms with van der Waals surface area (Å²) in [4.78, 5) is 30.4. The van der Waals surface area contributed by atoms with E-state index in [-0.39, 0.29) is 36.9 Å². The van der Waals surface area contributed by atoms with E-state index in [0.29, 0.717) is 11.6 Å². The fraction of sp³-hybridized carbons (Fsp3) is 0.600. The van der Waals surface area contributed by atoms with Gasteiger partial charge in [0.15, 0.2) is 11.6 Å². The second kappa shape index (κ2) is 21.9. The van der Waals surface area contributed by atoms with E-state index in [1.165, 1.54) is 44.9 Å². The Hall–Kier alpha value is -1.72. The van der Waals surface area contributed by atoms with Crippen molar-refractivity contribution in [2.24, 2.45) is 0 Å². The first-order valence-electron chi connectivity index (χ1n) is 15.8. The van der Waals surface area contributed by atoms with E-state index in [2.05, 4.69) is 23.6 Å². The number of hydrogen-bond acceptors (Lipinski definition) is 4. The maximum Gasteiger partial charge on any atom is 0.179 e. The van der Waals surface area contributed by atoms with E-state index in [9.17, 15) is 9.59 Å². The minimum absolute atomic E-state index is 0. The molecule has 0 bridgehead atoms. The third kappa shape index (κ3) is 12.6. The summed E-state index contributed by atoms with van der Waals surface area (Å²) in [5, 5.41) is 0. The monoisotopic (exact) mass is 604 g/mol. The highest BCUT2D eigenvalue weighted by Crippen LogP contribution is 2.21. The lowest BCUT2D eigenvalue weighted by molar-refractivity contribution is 0.0764. The van der Waals surface area contributed by atoms with Crippen LogP contribution < -0.4 is 0 Å². The standard InChI is InChI=1S/C18H27NO.C17H25NO.2ClH/c1-2-3-13-17(19-14-9-4-5-10-15-19)18(20)16-11-7-6-8-12-16;1-2-3-12-16(18-13-8-5-9-14-18)17(19)15-10-6-4-7-11-15;;/h6-8,11-12,17H,2-5,9-10,13-15H2,1H3;4,6-7,10-11,16H,2-3,5,8-9,12-14H2,1H3;2*1H. The van der Waals surface area contributed by atoms with Gasteiger partial charge < -0.3 is 0 Å².